The number of esters is 1. The van der Waals surface area contributed by atoms with Gasteiger partial charge in [-0.15, -0.1) is 0 Å². The lowest BCUT2D eigenvalue weighted by Gasteiger charge is -2.33. The van der Waals surface area contributed by atoms with Crippen LogP contribution in [-0.4, -0.2) is 31.0 Å². The molecular formula is C19H27NO4. The van der Waals surface area contributed by atoms with Crippen molar-refractivity contribution < 1.29 is 19.1 Å². The topological polar surface area (TPSA) is 65.5 Å². The first kappa shape index (κ1) is 19.9. The molecule has 0 aliphatic rings. The predicted molar refractivity (Wildman–Crippen MR) is 93.2 cm³/mol. The predicted octanol–water partition coefficient (Wildman–Crippen LogP) is 3.53. The maximum atomic E-state index is 12.9. The van der Waals surface area contributed by atoms with Gasteiger partial charge in [-0.25, -0.2) is 4.98 Å². The summed E-state index contributed by atoms with van der Waals surface area (Å²) in [5.74, 6) is 0.0370. The van der Waals surface area contributed by atoms with Gasteiger partial charge < -0.3 is 9.47 Å². The summed E-state index contributed by atoms with van der Waals surface area (Å²) in [6, 6.07) is 3.53. The minimum absolute atomic E-state index is 0.0161. The van der Waals surface area contributed by atoms with Crippen molar-refractivity contribution in [1.82, 2.24) is 4.98 Å². The number of rotatable bonds is 9. The number of ether oxygens (including phenoxy) is 2. The van der Waals surface area contributed by atoms with E-state index in [-0.39, 0.29) is 12.2 Å². The summed E-state index contributed by atoms with van der Waals surface area (Å²) in [6.07, 6.45) is 1.44. The quantitative estimate of drug-likeness (QED) is 0.511. The third-order valence-electron chi connectivity index (χ3n) is 4.37. The number of carbonyl (C=O) groups excluding carboxylic acids is 2. The number of pyridine rings is 1. The fourth-order valence-electron chi connectivity index (χ4n) is 2.97. The highest BCUT2D eigenvalue weighted by Crippen LogP contribution is 2.39. The number of hydrogen-bond acceptors (Lipinski definition) is 5. The fraction of sp³-hybridized carbons (Fsp3) is 0.526. The molecule has 5 nitrogen and oxygen atoms in total. The minimum atomic E-state index is -1.00. The number of aryl methyl sites for hydroxylation is 1. The smallest absolute Gasteiger partial charge is 0.306 e. The summed E-state index contributed by atoms with van der Waals surface area (Å²) in [6.45, 7) is 9.66. The maximum absolute atomic E-state index is 12.9. The highest BCUT2D eigenvalue weighted by Gasteiger charge is 2.42. The molecule has 0 amide bonds. The first-order valence-corrected chi connectivity index (χ1v) is 8.13. The average molecular weight is 333 g/mol. The lowest BCUT2D eigenvalue weighted by molar-refractivity contribution is -0.144. The van der Waals surface area contributed by atoms with E-state index in [0.717, 1.165) is 17.6 Å². The minimum Gasteiger partial charge on any atom is -0.481 e. The van der Waals surface area contributed by atoms with Gasteiger partial charge >= 0.3 is 5.97 Å². The highest BCUT2D eigenvalue weighted by molar-refractivity contribution is 5.94. The Kier molecular flexibility index (Phi) is 7.14. The van der Waals surface area contributed by atoms with Crippen LogP contribution < -0.4 is 4.74 Å². The third-order valence-corrected chi connectivity index (χ3v) is 4.37. The molecule has 1 rings (SSSR count). The summed E-state index contributed by atoms with van der Waals surface area (Å²) in [4.78, 5) is 29.4. The first-order chi connectivity index (χ1) is 11.3. The summed E-state index contributed by atoms with van der Waals surface area (Å²) in [5.41, 5.74) is 1.31. The van der Waals surface area contributed by atoms with Crippen LogP contribution in [0.4, 0.5) is 0 Å². The van der Waals surface area contributed by atoms with Gasteiger partial charge in [-0.1, -0.05) is 32.1 Å². The summed E-state index contributed by atoms with van der Waals surface area (Å²) < 4.78 is 10.0. The van der Waals surface area contributed by atoms with E-state index in [2.05, 4.69) is 11.6 Å². The second-order valence-corrected chi connectivity index (χ2v) is 5.88. The van der Waals surface area contributed by atoms with E-state index in [1.165, 1.54) is 7.11 Å². The molecule has 1 atom stereocenters. The lowest BCUT2D eigenvalue weighted by atomic mass is 9.68. The molecule has 0 fully saturated rings. The Labute approximate surface area is 144 Å². The third kappa shape index (κ3) is 4.22. The summed E-state index contributed by atoms with van der Waals surface area (Å²) in [7, 11) is 2.87. The van der Waals surface area contributed by atoms with Crippen LogP contribution in [0, 0.1) is 6.92 Å². The van der Waals surface area contributed by atoms with Crippen LogP contribution in [0.5, 0.6) is 5.88 Å². The van der Waals surface area contributed by atoms with Crippen molar-refractivity contribution in [1.29, 1.82) is 0 Å². The molecule has 0 saturated carbocycles. The van der Waals surface area contributed by atoms with E-state index in [9.17, 15) is 9.59 Å². The number of aromatic nitrogens is 1. The Hall–Kier alpha value is -2.17. The van der Waals surface area contributed by atoms with Crippen LogP contribution in [0.15, 0.2) is 24.3 Å². The van der Waals surface area contributed by atoms with E-state index in [4.69, 9.17) is 9.47 Å². The standard InChI is InChI=1S/C19H27NO4/c1-7-13(3)11-19(16(21)8-2,12-18(22)24-6)15-9-10-17(23-5)20-14(15)4/h9-10H,3,7-8,11-12H2,1-2,4-6H3/t19-/m0/s1. The van der Waals surface area contributed by atoms with Gasteiger partial charge in [0.1, 0.15) is 5.78 Å². The van der Waals surface area contributed by atoms with Crippen molar-refractivity contribution in [2.24, 2.45) is 0 Å². The van der Waals surface area contributed by atoms with Crippen LogP contribution in [0.25, 0.3) is 0 Å². The summed E-state index contributed by atoms with van der Waals surface area (Å²) in [5, 5.41) is 0. The summed E-state index contributed by atoms with van der Waals surface area (Å²) >= 11 is 0. The maximum Gasteiger partial charge on any atom is 0.306 e. The van der Waals surface area contributed by atoms with Crippen LogP contribution in [0.3, 0.4) is 0 Å². The van der Waals surface area contributed by atoms with Crippen LogP contribution in [0.1, 0.15) is 50.8 Å². The number of ketones is 1. The number of hydrogen-bond donors (Lipinski definition) is 0. The Morgan fingerprint density at radius 1 is 1.17 bits per heavy atom. The molecule has 0 radical (unpaired) electrons. The van der Waals surface area contributed by atoms with E-state index in [1.54, 1.807) is 20.1 Å². The van der Waals surface area contributed by atoms with Crippen molar-refractivity contribution in [3.8, 4) is 5.88 Å². The van der Waals surface area contributed by atoms with E-state index in [0.29, 0.717) is 24.4 Å². The van der Waals surface area contributed by atoms with Crippen LogP contribution in [-0.2, 0) is 19.7 Å². The van der Waals surface area contributed by atoms with Gasteiger partial charge in [-0.05, 0) is 25.3 Å². The molecule has 0 N–H and O–H groups in total. The molecular weight excluding hydrogens is 306 g/mol. The molecule has 0 saturated heterocycles. The molecule has 0 aliphatic heterocycles. The van der Waals surface area contributed by atoms with E-state index in [1.807, 2.05) is 19.9 Å². The van der Waals surface area contributed by atoms with Crippen molar-refractivity contribution in [3.05, 3.63) is 35.5 Å². The first-order valence-electron chi connectivity index (χ1n) is 8.13. The SMILES string of the molecule is C=C(CC)C[C@@](CC(=O)OC)(C(=O)CC)c1ccc(OC)nc1C. The van der Waals surface area contributed by atoms with Gasteiger partial charge in [-0.2, -0.15) is 0 Å². The largest absolute Gasteiger partial charge is 0.481 e. The average Bonchev–Trinajstić information content (AvgIpc) is 2.59. The van der Waals surface area contributed by atoms with Gasteiger partial charge in [0.05, 0.1) is 26.1 Å². The van der Waals surface area contributed by atoms with Crippen molar-refractivity contribution in [3.63, 3.8) is 0 Å². The molecule has 0 bridgehead atoms. The molecule has 0 aromatic carbocycles. The molecule has 132 valence electrons. The molecule has 0 aliphatic carbocycles. The Morgan fingerprint density at radius 2 is 1.83 bits per heavy atom. The molecule has 0 unspecified atom stereocenters. The highest BCUT2D eigenvalue weighted by atomic mass is 16.5. The molecule has 1 heterocycles. The zero-order chi connectivity index (χ0) is 18.3. The van der Waals surface area contributed by atoms with Crippen molar-refractivity contribution in [2.75, 3.05) is 14.2 Å². The zero-order valence-corrected chi connectivity index (χ0v) is 15.3. The fourth-order valence-corrected chi connectivity index (χ4v) is 2.97. The Balaban J connectivity index is 3.56. The van der Waals surface area contributed by atoms with E-state index < -0.39 is 11.4 Å². The number of nitrogens with zero attached hydrogens (tertiary/aromatic N) is 1. The Morgan fingerprint density at radius 3 is 2.29 bits per heavy atom. The molecule has 0 spiro atoms. The van der Waals surface area contributed by atoms with Gasteiger partial charge in [0.2, 0.25) is 5.88 Å². The lowest BCUT2D eigenvalue weighted by Crippen LogP contribution is -2.39. The second kappa shape index (κ2) is 8.62. The number of Topliss-reactive ketones (excluding diaryl/α,β-unsaturated/α-hetero) is 1. The van der Waals surface area contributed by atoms with Crippen LogP contribution in [0.2, 0.25) is 0 Å². The van der Waals surface area contributed by atoms with Crippen LogP contribution >= 0.6 is 0 Å². The molecule has 5 heteroatoms. The number of methoxy groups -OCH3 is 2. The number of allylic oxidation sites excluding steroid dienone is 1. The van der Waals surface area contributed by atoms with Crippen molar-refractivity contribution in [2.45, 2.75) is 51.9 Å². The molecule has 1 aromatic heterocycles. The monoisotopic (exact) mass is 333 g/mol. The molecule has 1 aromatic rings. The van der Waals surface area contributed by atoms with Gasteiger partial charge in [0.25, 0.3) is 0 Å². The number of carbonyl (C=O) groups is 2. The molecule has 24 heavy (non-hydrogen) atoms. The second-order valence-electron chi connectivity index (χ2n) is 5.88. The van der Waals surface area contributed by atoms with Gasteiger partial charge in [0.15, 0.2) is 0 Å². The normalized spacial score (nSPS) is 13.0. The zero-order valence-electron chi connectivity index (χ0n) is 15.3. The van der Waals surface area contributed by atoms with Gasteiger partial charge in [0, 0.05) is 18.2 Å². The van der Waals surface area contributed by atoms with E-state index >= 15 is 0 Å². The van der Waals surface area contributed by atoms with Gasteiger partial charge in [-0.3, -0.25) is 9.59 Å². The Bertz CT molecular complexity index is 604. The van der Waals surface area contributed by atoms with Crippen molar-refractivity contribution >= 4 is 11.8 Å².